The van der Waals surface area contributed by atoms with Crippen LogP contribution < -0.4 is 10.9 Å². The van der Waals surface area contributed by atoms with Crippen molar-refractivity contribution < 1.29 is 4.79 Å². The molecule has 0 fully saturated rings. The topological polar surface area (TPSA) is 81.8 Å². The number of anilines is 1. The van der Waals surface area contributed by atoms with Gasteiger partial charge >= 0.3 is 0 Å². The van der Waals surface area contributed by atoms with Gasteiger partial charge in [-0.2, -0.15) is 14.9 Å². The number of hydrogen-bond acceptors (Lipinski definition) is 4. The van der Waals surface area contributed by atoms with Crippen LogP contribution in [0.2, 0.25) is 5.02 Å². The lowest BCUT2D eigenvalue weighted by molar-refractivity contribution is 0.102. The summed E-state index contributed by atoms with van der Waals surface area (Å²) in [5.41, 5.74) is 1.83. The van der Waals surface area contributed by atoms with Gasteiger partial charge in [0.1, 0.15) is 5.82 Å². The van der Waals surface area contributed by atoms with Crippen LogP contribution >= 0.6 is 11.6 Å². The highest BCUT2D eigenvalue weighted by Gasteiger charge is 2.19. The molecular formula is C25H18ClN5O2. The minimum absolute atomic E-state index is 0.130. The number of fused-ring (bicyclic) bond motifs is 1. The molecule has 0 aliphatic rings. The van der Waals surface area contributed by atoms with E-state index < -0.39 is 5.91 Å². The van der Waals surface area contributed by atoms with E-state index in [4.69, 9.17) is 11.6 Å². The highest BCUT2D eigenvalue weighted by molar-refractivity contribution is 6.30. The molecule has 1 N–H and O–H groups in total. The van der Waals surface area contributed by atoms with Crippen LogP contribution in [0, 0.1) is 6.92 Å². The molecular weight excluding hydrogens is 438 g/mol. The van der Waals surface area contributed by atoms with Crippen LogP contribution in [-0.2, 0) is 0 Å². The maximum absolute atomic E-state index is 13.4. The molecule has 8 heteroatoms. The van der Waals surface area contributed by atoms with Crippen molar-refractivity contribution in [2.75, 3.05) is 5.32 Å². The molecule has 0 radical (unpaired) electrons. The minimum Gasteiger partial charge on any atom is -0.305 e. The first-order valence-corrected chi connectivity index (χ1v) is 10.6. The number of benzene rings is 3. The van der Waals surface area contributed by atoms with E-state index in [1.165, 1.54) is 4.68 Å². The van der Waals surface area contributed by atoms with Crippen molar-refractivity contribution in [3.63, 3.8) is 0 Å². The van der Waals surface area contributed by atoms with Gasteiger partial charge in [0.2, 0.25) is 0 Å². The number of para-hydroxylation sites is 1. The van der Waals surface area contributed by atoms with Crippen molar-refractivity contribution in [2.45, 2.75) is 6.92 Å². The summed E-state index contributed by atoms with van der Waals surface area (Å²) in [6, 6.07) is 24.9. The van der Waals surface area contributed by atoms with E-state index in [0.717, 1.165) is 5.69 Å². The van der Waals surface area contributed by atoms with Gasteiger partial charge in [-0.25, -0.2) is 4.68 Å². The van der Waals surface area contributed by atoms with Crippen molar-refractivity contribution >= 4 is 34.1 Å². The molecule has 0 spiro atoms. The van der Waals surface area contributed by atoms with Gasteiger partial charge in [-0.15, -0.1) is 0 Å². The van der Waals surface area contributed by atoms with E-state index in [-0.39, 0.29) is 11.3 Å². The molecule has 1 amide bonds. The Morgan fingerprint density at radius 3 is 2.27 bits per heavy atom. The molecule has 5 rings (SSSR count). The van der Waals surface area contributed by atoms with Crippen LogP contribution in [0.5, 0.6) is 0 Å². The molecule has 162 valence electrons. The first-order chi connectivity index (χ1) is 16.0. The Morgan fingerprint density at radius 1 is 0.818 bits per heavy atom. The third-order valence-electron chi connectivity index (χ3n) is 5.15. The Hall–Kier alpha value is -4.23. The second kappa shape index (κ2) is 8.37. The Labute approximate surface area is 193 Å². The average molecular weight is 456 g/mol. The molecule has 5 aromatic rings. The minimum atomic E-state index is -0.459. The molecule has 0 saturated carbocycles. The van der Waals surface area contributed by atoms with Gasteiger partial charge in [0.05, 0.1) is 22.5 Å². The summed E-state index contributed by atoms with van der Waals surface area (Å²) < 4.78 is 2.85. The number of aryl methyl sites for hydroxylation is 1. The van der Waals surface area contributed by atoms with Crippen LogP contribution in [0.25, 0.3) is 22.1 Å². The normalized spacial score (nSPS) is 11.0. The molecule has 3 aromatic carbocycles. The average Bonchev–Trinajstić information content (AvgIpc) is 3.20. The third kappa shape index (κ3) is 3.90. The lowest BCUT2D eigenvalue weighted by Crippen LogP contribution is -2.27. The zero-order valence-electron chi connectivity index (χ0n) is 17.6. The van der Waals surface area contributed by atoms with E-state index in [2.05, 4.69) is 15.5 Å². The number of amides is 1. The fraction of sp³-hybridized carbons (Fsp3) is 0.0400. The molecule has 0 unspecified atom stereocenters. The van der Waals surface area contributed by atoms with Gasteiger partial charge < -0.3 is 5.32 Å². The van der Waals surface area contributed by atoms with Gasteiger partial charge in [0, 0.05) is 16.5 Å². The highest BCUT2D eigenvalue weighted by Crippen LogP contribution is 2.22. The number of nitrogens with one attached hydrogen (secondary N) is 1. The van der Waals surface area contributed by atoms with Crippen molar-refractivity contribution in [1.29, 1.82) is 0 Å². The van der Waals surface area contributed by atoms with E-state index in [0.29, 0.717) is 33.0 Å². The van der Waals surface area contributed by atoms with E-state index in [9.17, 15) is 9.59 Å². The van der Waals surface area contributed by atoms with Crippen molar-refractivity contribution in [3.05, 3.63) is 112 Å². The van der Waals surface area contributed by atoms with Crippen LogP contribution in [0.1, 0.15) is 16.2 Å². The SMILES string of the molecule is Cc1cc(NC(=O)c2nn(-c3ccccc3)c(=O)c3ccccc23)n(-c2cccc(Cl)c2)n1. The lowest BCUT2D eigenvalue weighted by atomic mass is 10.1. The quantitative estimate of drug-likeness (QED) is 0.422. The van der Waals surface area contributed by atoms with Crippen LogP contribution in [0.3, 0.4) is 0 Å². The zero-order valence-corrected chi connectivity index (χ0v) is 18.3. The number of nitrogens with zero attached hydrogens (tertiary/aromatic N) is 4. The molecule has 2 heterocycles. The number of hydrogen-bond donors (Lipinski definition) is 1. The van der Waals surface area contributed by atoms with E-state index in [1.54, 1.807) is 59.3 Å². The summed E-state index contributed by atoms with van der Waals surface area (Å²) in [5.74, 6) is 0.00201. The number of halogens is 1. The molecule has 2 aromatic heterocycles. The van der Waals surface area contributed by atoms with Crippen LogP contribution in [0.15, 0.2) is 89.7 Å². The predicted octanol–water partition coefficient (Wildman–Crippen LogP) is 4.79. The zero-order chi connectivity index (χ0) is 22.9. The molecule has 0 aliphatic carbocycles. The maximum Gasteiger partial charge on any atom is 0.279 e. The molecule has 7 nitrogen and oxygen atoms in total. The number of carbonyl (C=O) groups excluding carboxylic acids is 1. The summed E-state index contributed by atoms with van der Waals surface area (Å²) in [4.78, 5) is 26.5. The van der Waals surface area contributed by atoms with Crippen molar-refractivity contribution in [1.82, 2.24) is 19.6 Å². The van der Waals surface area contributed by atoms with Gasteiger partial charge in [0.25, 0.3) is 11.5 Å². The first kappa shape index (κ1) is 20.7. The summed E-state index contributed by atoms with van der Waals surface area (Å²) in [5, 5.41) is 13.2. The molecule has 33 heavy (non-hydrogen) atoms. The van der Waals surface area contributed by atoms with Gasteiger partial charge in [-0.1, -0.05) is 54.1 Å². The first-order valence-electron chi connectivity index (χ1n) is 10.2. The number of rotatable bonds is 4. The Balaban J connectivity index is 1.62. The molecule has 0 aliphatic heterocycles. The maximum atomic E-state index is 13.4. The Kier molecular flexibility index (Phi) is 5.24. The van der Waals surface area contributed by atoms with Gasteiger partial charge in [0.15, 0.2) is 5.69 Å². The van der Waals surface area contributed by atoms with Crippen LogP contribution in [-0.4, -0.2) is 25.5 Å². The van der Waals surface area contributed by atoms with Gasteiger partial charge in [-0.05, 0) is 43.3 Å². The second-order valence-electron chi connectivity index (χ2n) is 7.46. The van der Waals surface area contributed by atoms with E-state index in [1.807, 2.05) is 37.3 Å². The molecule has 0 saturated heterocycles. The van der Waals surface area contributed by atoms with Crippen molar-refractivity contribution in [2.24, 2.45) is 0 Å². The predicted molar refractivity (Wildman–Crippen MR) is 129 cm³/mol. The highest BCUT2D eigenvalue weighted by atomic mass is 35.5. The summed E-state index contributed by atoms with van der Waals surface area (Å²) in [7, 11) is 0. The standard InChI is InChI=1S/C25H18ClN5O2/c1-16-14-22(30(28-16)19-11-7-8-17(26)15-19)27-24(32)23-20-12-5-6-13-21(20)25(33)31(29-23)18-9-3-2-4-10-18/h2-15H,1H3,(H,27,32). The fourth-order valence-electron chi connectivity index (χ4n) is 3.67. The monoisotopic (exact) mass is 455 g/mol. The third-order valence-corrected chi connectivity index (χ3v) is 5.38. The number of carbonyl (C=O) groups is 1. The van der Waals surface area contributed by atoms with Crippen LogP contribution in [0.4, 0.5) is 5.82 Å². The van der Waals surface area contributed by atoms with E-state index >= 15 is 0 Å². The largest absolute Gasteiger partial charge is 0.305 e. The summed E-state index contributed by atoms with van der Waals surface area (Å²) >= 11 is 6.14. The molecule has 0 bridgehead atoms. The van der Waals surface area contributed by atoms with Crippen molar-refractivity contribution in [3.8, 4) is 11.4 Å². The summed E-state index contributed by atoms with van der Waals surface area (Å²) in [6.07, 6.45) is 0. The Bertz CT molecular complexity index is 1560. The smallest absolute Gasteiger partial charge is 0.279 e. The fourth-order valence-corrected chi connectivity index (χ4v) is 3.85. The number of aromatic nitrogens is 4. The second-order valence-corrected chi connectivity index (χ2v) is 7.90. The lowest BCUT2D eigenvalue weighted by Gasteiger charge is -2.12. The Morgan fingerprint density at radius 2 is 1.52 bits per heavy atom. The van der Waals surface area contributed by atoms with Gasteiger partial charge in [-0.3, -0.25) is 9.59 Å². The molecule has 0 atom stereocenters. The summed E-state index contributed by atoms with van der Waals surface area (Å²) in [6.45, 7) is 1.83.